The first-order valence-electron chi connectivity index (χ1n) is 8.19. The van der Waals surface area contributed by atoms with Crippen LogP contribution >= 0.6 is 0 Å². The zero-order valence-electron chi connectivity index (χ0n) is 13.9. The van der Waals surface area contributed by atoms with Gasteiger partial charge in [0.05, 0.1) is 0 Å². The maximum absolute atomic E-state index is 12.3. The van der Waals surface area contributed by atoms with Gasteiger partial charge in [0.2, 0.25) is 11.8 Å². The summed E-state index contributed by atoms with van der Waals surface area (Å²) in [6, 6.07) is 22.6. The van der Waals surface area contributed by atoms with Crippen molar-refractivity contribution >= 4 is 11.6 Å². The van der Waals surface area contributed by atoms with Gasteiger partial charge in [0.1, 0.15) is 12.2 Å². The van der Waals surface area contributed by atoms with Crippen molar-refractivity contribution in [3.05, 3.63) is 79.0 Å². The number of hydrogen-bond acceptors (Lipinski definition) is 4. The number of aromatic nitrogens is 3. The summed E-state index contributed by atoms with van der Waals surface area (Å²) < 4.78 is 7.56. The number of para-hydroxylation sites is 1. The minimum Gasteiger partial charge on any atom is -0.415 e. The van der Waals surface area contributed by atoms with Crippen LogP contribution in [-0.2, 0) is 11.3 Å². The van der Waals surface area contributed by atoms with Crippen molar-refractivity contribution in [2.45, 2.75) is 6.54 Å². The molecule has 0 radical (unpaired) electrons. The van der Waals surface area contributed by atoms with Crippen LogP contribution in [0.25, 0.3) is 23.0 Å². The van der Waals surface area contributed by atoms with Gasteiger partial charge in [-0.2, -0.15) is 0 Å². The topological polar surface area (TPSA) is 73.0 Å². The van der Waals surface area contributed by atoms with Crippen molar-refractivity contribution < 1.29 is 9.21 Å². The van der Waals surface area contributed by atoms with Crippen LogP contribution in [0.4, 0.5) is 5.69 Å². The molecule has 128 valence electrons. The zero-order chi connectivity index (χ0) is 17.8. The fourth-order valence-electron chi connectivity index (χ4n) is 2.65. The number of benzene rings is 2. The summed E-state index contributed by atoms with van der Waals surface area (Å²) in [5, 5.41) is 11.1. The Morgan fingerprint density at radius 3 is 2.35 bits per heavy atom. The lowest BCUT2D eigenvalue weighted by molar-refractivity contribution is -0.116. The molecule has 0 fully saturated rings. The Morgan fingerprint density at radius 2 is 1.58 bits per heavy atom. The number of amides is 1. The van der Waals surface area contributed by atoms with Gasteiger partial charge in [0.25, 0.3) is 5.89 Å². The Kier molecular flexibility index (Phi) is 4.30. The van der Waals surface area contributed by atoms with E-state index in [0.717, 1.165) is 11.3 Å². The highest BCUT2D eigenvalue weighted by molar-refractivity contribution is 5.90. The van der Waals surface area contributed by atoms with Crippen LogP contribution in [-0.4, -0.2) is 20.7 Å². The van der Waals surface area contributed by atoms with Crippen LogP contribution < -0.4 is 5.32 Å². The van der Waals surface area contributed by atoms with Crippen LogP contribution in [0, 0.1) is 0 Å². The minimum absolute atomic E-state index is 0.128. The van der Waals surface area contributed by atoms with E-state index in [1.807, 2.05) is 79.0 Å². The SMILES string of the molecule is O=C(Cn1cccc1-c1nnc(-c2ccccc2)o1)Nc1ccccc1. The third-order valence-corrected chi connectivity index (χ3v) is 3.87. The zero-order valence-corrected chi connectivity index (χ0v) is 13.9. The molecule has 2 aromatic heterocycles. The molecule has 0 saturated heterocycles. The van der Waals surface area contributed by atoms with Crippen molar-refractivity contribution in [3.8, 4) is 23.0 Å². The van der Waals surface area contributed by atoms with Crippen molar-refractivity contribution in [2.24, 2.45) is 0 Å². The number of nitrogens with zero attached hydrogens (tertiary/aromatic N) is 3. The van der Waals surface area contributed by atoms with Crippen LogP contribution in [0.3, 0.4) is 0 Å². The third-order valence-electron chi connectivity index (χ3n) is 3.87. The molecule has 0 aliphatic heterocycles. The number of carbonyl (C=O) groups excluding carboxylic acids is 1. The summed E-state index contributed by atoms with van der Waals surface area (Å²) in [5.41, 5.74) is 2.31. The molecule has 0 unspecified atom stereocenters. The highest BCUT2D eigenvalue weighted by Crippen LogP contribution is 2.24. The summed E-state index contributed by atoms with van der Waals surface area (Å²) in [5.74, 6) is 0.694. The van der Waals surface area contributed by atoms with Gasteiger partial charge < -0.3 is 14.3 Å². The molecule has 4 rings (SSSR count). The molecule has 0 saturated carbocycles. The van der Waals surface area contributed by atoms with Gasteiger partial charge >= 0.3 is 0 Å². The standard InChI is InChI=1S/C20H16N4O2/c25-18(21-16-10-5-2-6-11-16)14-24-13-7-12-17(24)20-23-22-19(26-20)15-8-3-1-4-9-15/h1-13H,14H2,(H,21,25). The van der Waals surface area contributed by atoms with E-state index in [2.05, 4.69) is 15.5 Å². The molecule has 0 spiro atoms. The van der Waals surface area contributed by atoms with Gasteiger partial charge in [-0.1, -0.05) is 36.4 Å². The van der Waals surface area contributed by atoms with E-state index in [1.54, 1.807) is 4.57 Å². The summed E-state index contributed by atoms with van der Waals surface area (Å²) in [6.45, 7) is 0.153. The molecule has 6 heteroatoms. The first kappa shape index (κ1) is 15.8. The van der Waals surface area contributed by atoms with Crippen molar-refractivity contribution in [3.63, 3.8) is 0 Å². The average Bonchev–Trinajstić information content (AvgIpc) is 3.32. The number of hydrogen-bond donors (Lipinski definition) is 1. The fourth-order valence-corrected chi connectivity index (χ4v) is 2.65. The maximum Gasteiger partial charge on any atom is 0.264 e. The van der Waals surface area contributed by atoms with E-state index < -0.39 is 0 Å². The molecule has 26 heavy (non-hydrogen) atoms. The Labute approximate surface area is 150 Å². The Balaban J connectivity index is 1.52. The normalized spacial score (nSPS) is 10.6. The quantitative estimate of drug-likeness (QED) is 0.597. The van der Waals surface area contributed by atoms with Crippen molar-refractivity contribution in [1.29, 1.82) is 0 Å². The third kappa shape index (κ3) is 3.39. The molecule has 1 amide bonds. The van der Waals surface area contributed by atoms with Gasteiger partial charge in [-0.3, -0.25) is 4.79 Å². The predicted molar refractivity (Wildman–Crippen MR) is 98.2 cm³/mol. The highest BCUT2D eigenvalue weighted by atomic mass is 16.4. The van der Waals surface area contributed by atoms with Crippen molar-refractivity contribution in [1.82, 2.24) is 14.8 Å². The molecular weight excluding hydrogens is 328 g/mol. The van der Waals surface area contributed by atoms with Gasteiger partial charge in [0, 0.05) is 17.4 Å². The Morgan fingerprint density at radius 1 is 0.885 bits per heavy atom. The molecule has 2 aromatic carbocycles. The maximum atomic E-state index is 12.3. The largest absolute Gasteiger partial charge is 0.415 e. The lowest BCUT2D eigenvalue weighted by atomic mass is 10.2. The second kappa shape index (κ2) is 7.06. The number of anilines is 1. The minimum atomic E-state index is -0.128. The summed E-state index contributed by atoms with van der Waals surface area (Å²) >= 11 is 0. The average molecular weight is 344 g/mol. The molecule has 6 nitrogen and oxygen atoms in total. The predicted octanol–water partition coefficient (Wildman–Crippen LogP) is 3.84. The number of nitrogens with one attached hydrogen (secondary N) is 1. The monoisotopic (exact) mass is 344 g/mol. The van der Waals surface area contributed by atoms with E-state index in [-0.39, 0.29) is 12.5 Å². The van der Waals surface area contributed by atoms with E-state index in [0.29, 0.717) is 17.5 Å². The second-order valence-electron chi connectivity index (χ2n) is 5.71. The van der Waals surface area contributed by atoms with Crippen LogP contribution in [0.1, 0.15) is 0 Å². The van der Waals surface area contributed by atoms with Crippen LogP contribution in [0.5, 0.6) is 0 Å². The summed E-state index contributed by atoms with van der Waals surface area (Å²) in [6.07, 6.45) is 1.81. The van der Waals surface area contributed by atoms with E-state index in [1.165, 1.54) is 0 Å². The summed E-state index contributed by atoms with van der Waals surface area (Å²) in [7, 11) is 0. The van der Waals surface area contributed by atoms with E-state index in [4.69, 9.17) is 4.42 Å². The molecule has 0 atom stereocenters. The van der Waals surface area contributed by atoms with Crippen molar-refractivity contribution in [2.75, 3.05) is 5.32 Å². The number of rotatable bonds is 5. The molecule has 2 heterocycles. The smallest absolute Gasteiger partial charge is 0.264 e. The molecule has 0 bridgehead atoms. The number of carbonyl (C=O) groups is 1. The first-order chi connectivity index (χ1) is 12.8. The lowest BCUT2D eigenvalue weighted by Crippen LogP contribution is -2.18. The second-order valence-corrected chi connectivity index (χ2v) is 5.71. The lowest BCUT2D eigenvalue weighted by Gasteiger charge is -2.08. The summed E-state index contributed by atoms with van der Waals surface area (Å²) in [4.78, 5) is 12.3. The van der Waals surface area contributed by atoms with Gasteiger partial charge in [-0.05, 0) is 36.4 Å². The van der Waals surface area contributed by atoms with Gasteiger partial charge in [-0.15, -0.1) is 10.2 Å². The van der Waals surface area contributed by atoms with E-state index in [9.17, 15) is 4.79 Å². The molecular formula is C20H16N4O2. The Bertz CT molecular complexity index is 1010. The molecule has 4 aromatic rings. The van der Waals surface area contributed by atoms with Crippen LogP contribution in [0.2, 0.25) is 0 Å². The molecule has 0 aliphatic rings. The van der Waals surface area contributed by atoms with Gasteiger partial charge in [-0.25, -0.2) is 0 Å². The molecule has 1 N–H and O–H groups in total. The Hall–Kier alpha value is -3.67. The highest BCUT2D eigenvalue weighted by Gasteiger charge is 2.15. The van der Waals surface area contributed by atoms with Gasteiger partial charge in [0.15, 0.2) is 0 Å². The first-order valence-corrected chi connectivity index (χ1v) is 8.19. The van der Waals surface area contributed by atoms with Crippen LogP contribution in [0.15, 0.2) is 83.4 Å². The fraction of sp³-hybridized carbons (Fsp3) is 0.0500. The molecule has 0 aliphatic carbocycles. The van der Waals surface area contributed by atoms with E-state index >= 15 is 0 Å².